The van der Waals surface area contributed by atoms with Crippen molar-refractivity contribution in [1.29, 1.82) is 0 Å². The summed E-state index contributed by atoms with van der Waals surface area (Å²) in [5.74, 6) is -4.47. The van der Waals surface area contributed by atoms with E-state index in [4.69, 9.17) is 4.74 Å². The third-order valence-electron chi connectivity index (χ3n) is 6.75. The van der Waals surface area contributed by atoms with E-state index >= 15 is 0 Å². The number of benzene rings is 1. The summed E-state index contributed by atoms with van der Waals surface area (Å²) in [6.45, 7) is 6.02. The highest BCUT2D eigenvalue weighted by Gasteiger charge is 2.44. The number of likely N-dealkylation sites (tertiary alicyclic amines) is 2. The van der Waals surface area contributed by atoms with Gasteiger partial charge in [-0.3, -0.25) is 9.59 Å². The minimum atomic E-state index is -3.83. The van der Waals surface area contributed by atoms with Crippen molar-refractivity contribution in [2.24, 2.45) is 5.92 Å². The number of ether oxygens (including phenoxy) is 1. The highest BCUT2D eigenvalue weighted by molar-refractivity contribution is 7.90. The number of carbonyl (C=O) groups is 4. The van der Waals surface area contributed by atoms with Crippen LogP contribution in [-0.2, 0) is 34.7 Å². The van der Waals surface area contributed by atoms with Gasteiger partial charge in [-0.1, -0.05) is 30.3 Å². The van der Waals surface area contributed by atoms with Crippen LogP contribution in [0.4, 0.5) is 4.79 Å². The Bertz CT molecular complexity index is 1140. The lowest BCUT2D eigenvalue weighted by Crippen LogP contribution is -2.47. The molecule has 2 fully saturated rings. The van der Waals surface area contributed by atoms with Gasteiger partial charge in [0.05, 0.1) is 23.5 Å². The van der Waals surface area contributed by atoms with Crippen LogP contribution in [0.5, 0.6) is 0 Å². The van der Waals surface area contributed by atoms with Crippen molar-refractivity contribution >= 4 is 33.7 Å². The quantitative estimate of drug-likeness (QED) is 0.463. The molecule has 2 heterocycles. The summed E-state index contributed by atoms with van der Waals surface area (Å²) in [7, 11) is -3.83. The summed E-state index contributed by atoms with van der Waals surface area (Å²) >= 11 is 0. The molecule has 3 atom stereocenters. The number of amides is 3. The number of carbonyl (C=O) groups excluding carboxylic acids is 3. The molecule has 11 nitrogen and oxygen atoms in total. The van der Waals surface area contributed by atoms with Crippen LogP contribution in [0.3, 0.4) is 0 Å². The molecule has 0 radical (unpaired) electrons. The topological polar surface area (TPSA) is 150 Å². The minimum Gasteiger partial charge on any atom is -0.480 e. The van der Waals surface area contributed by atoms with Gasteiger partial charge in [0, 0.05) is 32.5 Å². The maximum absolute atomic E-state index is 13.8. The number of rotatable bonds is 9. The summed E-state index contributed by atoms with van der Waals surface area (Å²) in [6, 6.07) is 6.55. The first kappa shape index (κ1) is 30.4. The molecule has 0 aromatic heterocycles. The SMILES string of the molecule is CC(C)(C)OC(=O)N[C@H]1C[C@@H](C(=O)O)N(C(=O)[C@@H](CC(=O)N2CCCCC2)CS(=O)(=O)Cc2ccccc2)C1. The largest absolute Gasteiger partial charge is 0.480 e. The van der Waals surface area contributed by atoms with Crippen molar-refractivity contribution in [2.45, 2.75) is 76.3 Å². The van der Waals surface area contributed by atoms with Crippen LogP contribution in [-0.4, -0.2) is 90.3 Å². The smallest absolute Gasteiger partial charge is 0.407 e. The monoisotopic (exact) mass is 565 g/mol. The first-order chi connectivity index (χ1) is 18.2. The van der Waals surface area contributed by atoms with Gasteiger partial charge in [-0.05, 0) is 45.6 Å². The summed E-state index contributed by atoms with van der Waals surface area (Å²) in [6.07, 6.45) is 1.53. The summed E-state index contributed by atoms with van der Waals surface area (Å²) < 4.78 is 31.6. The van der Waals surface area contributed by atoms with Crippen LogP contribution in [0, 0.1) is 5.92 Å². The van der Waals surface area contributed by atoms with E-state index in [1.54, 1.807) is 56.0 Å². The second-order valence-electron chi connectivity index (χ2n) is 11.3. The molecule has 3 amide bonds. The van der Waals surface area contributed by atoms with Crippen molar-refractivity contribution < 1.29 is 37.4 Å². The van der Waals surface area contributed by atoms with Gasteiger partial charge < -0.3 is 25.0 Å². The molecule has 3 rings (SSSR count). The average Bonchev–Trinajstić information content (AvgIpc) is 3.26. The fourth-order valence-corrected chi connectivity index (χ4v) is 6.71. The van der Waals surface area contributed by atoms with Crippen molar-refractivity contribution in [1.82, 2.24) is 15.1 Å². The molecular weight excluding hydrogens is 526 g/mol. The second kappa shape index (κ2) is 12.8. The predicted molar refractivity (Wildman–Crippen MR) is 143 cm³/mol. The van der Waals surface area contributed by atoms with Crippen LogP contribution in [0.1, 0.15) is 58.4 Å². The van der Waals surface area contributed by atoms with Gasteiger partial charge in [0.25, 0.3) is 0 Å². The lowest BCUT2D eigenvalue weighted by atomic mass is 10.0. The van der Waals surface area contributed by atoms with Crippen LogP contribution < -0.4 is 5.32 Å². The molecule has 2 aliphatic heterocycles. The Morgan fingerprint density at radius 1 is 1.08 bits per heavy atom. The minimum absolute atomic E-state index is 0.0656. The standard InChI is InChI=1S/C27H39N3O8S/c1-27(2,3)38-26(35)28-21-15-22(25(33)34)30(16-21)24(32)20(14-23(31)29-12-8-5-9-13-29)18-39(36,37)17-19-10-6-4-7-11-19/h4,6-7,10-11,20-22H,5,8-9,12-18H2,1-3H3,(H,28,35)(H,33,34)/t20-,21-,22-/m0/s1. The summed E-state index contributed by atoms with van der Waals surface area (Å²) in [4.78, 5) is 53.9. The Labute approximate surface area is 229 Å². The molecule has 0 spiro atoms. The van der Waals surface area contributed by atoms with Crippen molar-refractivity contribution in [2.75, 3.05) is 25.4 Å². The van der Waals surface area contributed by atoms with Crippen molar-refractivity contribution in [3.63, 3.8) is 0 Å². The molecule has 0 unspecified atom stereocenters. The number of hydrogen-bond donors (Lipinski definition) is 2. The number of carboxylic acids is 1. The third-order valence-corrected chi connectivity index (χ3v) is 8.44. The van der Waals surface area contributed by atoms with E-state index in [0.29, 0.717) is 18.7 Å². The highest BCUT2D eigenvalue weighted by Crippen LogP contribution is 2.25. The van der Waals surface area contributed by atoms with E-state index in [-0.39, 0.29) is 31.0 Å². The number of aliphatic carboxylic acids is 1. The first-order valence-corrected chi connectivity index (χ1v) is 15.1. The molecule has 0 aliphatic carbocycles. The molecule has 12 heteroatoms. The molecule has 0 bridgehead atoms. The molecule has 0 saturated carbocycles. The average molecular weight is 566 g/mol. The Morgan fingerprint density at radius 2 is 1.72 bits per heavy atom. The number of piperidine rings is 1. The molecule has 1 aromatic rings. The zero-order valence-corrected chi connectivity index (χ0v) is 23.6. The van der Waals surface area contributed by atoms with Gasteiger partial charge in [-0.25, -0.2) is 18.0 Å². The lowest BCUT2D eigenvalue weighted by Gasteiger charge is -2.30. The van der Waals surface area contributed by atoms with Crippen LogP contribution >= 0.6 is 0 Å². The fourth-order valence-electron chi connectivity index (χ4n) is 5.02. The molecular formula is C27H39N3O8S. The van der Waals surface area contributed by atoms with E-state index in [1.807, 2.05) is 0 Å². The Morgan fingerprint density at radius 3 is 2.31 bits per heavy atom. The van der Waals surface area contributed by atoms with Gasteiger partial charge in [-0.15, -0.1) is 0 Å². The molecule has 2 N–H and O–H groups in total. The summed E-state index contributed by atoms with van der Waals surface area (Å²) in [5.41, 5.74) is -0.213. The fraction of sp³-hybridized carbons (Fsp3) is 0.630. The molecule has 39 heavy (non-hydrogen) atoms. The Kier molecular flexibility index (Phi) is 9.98. The van der Waals surface area contributed by atoms with E-state index in [0.717, 1.165) is 24.2 Å². The van der Waals surface area contributed by atoms with Gasteiger partial charge in [-0.2, -0.15) is 0 Å². The lowest BCUT2D eigenvalue weighted by molar-refractivity contribution is -0.150. The summed E-state index contributed by atoms with van der Waals surface area (Å²) in [5, 5.41) is 12.4. The molecule has 1 aromatic carbocycles. The molecule has 216 valence electrons. The van der Waals surface area contributed by atoms with Crippen molar-refractivity contribution in [3.8, 4) is 0 Å². The van der Waals surface area contributed by atoms with Gasteiger partial charge in [0.1, 0.15) is 11.6 Å². The maximum Gasteiger partial charge on any atom is 0.407 e. The number of nitrogens with zero attached hydrogens (tertiary/aromatic N) is 2. The zero-order valence-electron chi connectivity index (χ0n) is 22.8. The van der Waals surface area contributed by atoms with E-state index in [1.165, 1.54) is 0 Å². The van der Waals surface area contributed by atoms with E-state index in [9.17, 15) is 32.7 Å². The molecule has 2 aliphatic rings. The number of sulfone groups is 1. The second-order valence-corrected chi connectivity index (χ2v) is 13.4. The Hall–Kier alpha value is -3.15. The number of carboxylic acid groups (broad SMARTS) is 1. The normalized spacial score (nSPS) is 20.8. The van der Waals surface area contributed by atoms with Gasteiger partial charge >= 0.3 is 12.1 Å². The maximum atomic E-state index is 13.8. The van der Waals surface area contributed by atoms with Gasteiger partial charge in [0.2, 0.25) is 11.8 Å². The van der Waals surface area contributed by atoms with Crippen LogP contribution in [0.2, 0.25) is 0 Å². The number of nitrogens with one attached hydrogen (secondary N) is 1. The van der Waals surface area contributed by atoms with Crippen LogP contribution in [0.25, 0.3) is 0 Å². The van der Waals surface area contributed by atoms with E-state index < -0.39 is 57.2 Å². The third kappa shape index (κ3) is 9.22. The predicted octanol–water partition coefficient (Wildman–Crippen LogP) is 2.20. The van der Waals surface area contributed by atoms with E-state index in [2.05, 4.69) is 5.32 Å². The zero-order chi connectivity index (χ0) is 28.8. The van der Waals surface area contributed by atoms with Crippen LogP contribution in [0.15, 0.2) is 30.3 Å². The Balaban J connectivity index is 1.80. The number of hydrogen-bond acceptors (Lipinski definition) is 7. The first-order valence-electron chi connectivity index (χ1n) is 13.3. The van der Waals surface area contributed by atoms with Gasteiger partial charge in [0.15, 0.2) is 9.84 Å². The number of alkyl carbamates (subject to hydrolysis) is 1. The molecule has 2 saturated heterocycles. The van der Waals surface area contributed by atoms with Crippen molar-refractivity contribution in [3.05, 3.63) is 35.9 Å². The highest BCUT2D eigenvalue weighted by atomic mass is 32.2.